The minimum Gasteiger partial charge on any atom is -0.465 e. The van der Waals surface area contributed by atoms with Gasteiger partial charge in [-0.1, -0.05) is 12.1 Å². The van der Waals surface area contributed by atoms with Crippen molar-refractivity contribution in [2.45, 2.75) is 19.0 Å². The lowest BCUT2D eigenvalue weighted by Gasteiger charge is -2.07. The zero-order valence-corrected chi connectivity index (χ0v) is 11.9. The van der Waals surface area contributed by atoms with Gasteiger partial charge < -0.3 is 14.6 Å². The molecule has 23 heavy (non-hydrogen) atoms. The second kappa shape index (κ2) is 9.36. The van der Waals surface area contributed by atoms with E-state index in [0.29, 0.717) is 11.1 Å². The van der Waals surface area contributed by atoms with E-state index in [1.54, 1.807) is 0 Å². The van der Waals surface area contributed by atoms with Gasteiger partial charge >= 0.3 is 18.3 Å². The van der Waals surface area contributed by atoms with Crippen LogP contribution in [0.1, 0.15) is 15.9 Å². The fraction of sp³-hybridized carbons (Fsp3) is 0.462. The number of rotatable bonds is 4. The highest BCUT2D eigenvalue weighted by Gasteiger charge is 2.27. The Hall–Kier alpha value is -1.81. The van der Waals surface area contributed by atoms with Crippen molar-refractivity contribution >= 4 is 5.97 Å². The summed E-state index contributed by atoms with van der Waals surface area (Å²) >= 11 is 0. The Bertz CT molecular complexity index is 467. The maximum atomic E-state index is 11.8. The number of hydrogen-bond donors (Lipinski definition) is 1. The summed E-state index contributed by atoms with van der Waals surface area (Å²) in [7, 11) is 1.25. The van der Waals surface area contributed by atoms with E-state index >= 15 is 0 Å². The van der Waals surface area contributed by atoms with Gasteiger partial charge in [-0.3, -0.25) is 0 Å². The van der Waals surface area contributed by atoms with Crippen molar-refractivity contribution in [3.05, 3.63) is 35.4 Å². The number of alkyl halides is 6. The van der Waals surface area contributed by atoms with Gasteiger partial charge in [-0.05, 0) is 17.7 Å². The Morgan fingerprint density at radius 3 is 1.87 bits per heavy atom. The molecule has 0 unspecified atom stereocenters. The summed E-state index contributed by atoms with van der Waals surface area (Å²) in [6, 6.07) is 5.97. The first-order chi connectivity index (χ1) is 10.5. The number of hydrogen-bond acceptors (Lipinski definition) is 4. The molecule has 0 spiro atoms. The van der Waals surface area contributed by atoms with E-state index in [2.05, 4.69) is 9.47 Å². The summed E-state index contributed by atoms with van der Waals surface area (Å²) in [6.45, 7) is -3.17. The number of carbonyl (C=O) groups excluding carboxylic acids is 1. The van der Waals surface area contributed by atoms with Crippen molar-refractivity contribution in [3.8, 4) is 0 Å². The molecule has 0 heterocycles. The van der Waals surface area contributed by atoms with Crippen LogP contribution >= 0.6 is 0 Å². The monoisotopic (exact) mass is 348 g/mol. The van der Waals surface area contributed by atoms with Crippen LogP contribution in [-0.2, 0) is 16.1 Å². The predicted octanol–water partition coefficient (Wildman–Crippen LogP) is 3.09. The average molecular weight is 348 g/mol. The van der Waals surface area contributed by atoms with Crippen LogP contribution in [0.15, 0.2) is 24.3 Å². The van der Waals surface area contributed by atoms with Crippen molar-refractivity contribution in [1.29, 1.82) is 0 Å². The molecule has 0 radical (unpaired) electrons. The van der Waals surface area contributed by atoms with Crippen molar-refractivity contribution in [3.63, 3.8) is 0 Å². The van der Waals surface area contributed by atoms with Crippen LogP contribution in [-0.4, -0.2) is 43.8 Å². The van der Waals surface area contributed by atoms with Gasteiger partial charge in [-0.15, -0.1) is 0 Å². The average Bonchev–Trinajstić information content (AvgIpc) is 2.46. The van der Waals surface area contributed by atoms with E-state index in [1.165, 1.54) is 31.4 Å². The molecule has 0 aliphatic rings. The molecule has 10 heteroatoms. The Morgan fingerprint density at radius 2 is 1.52 bits per heavy atom. The predicted molar refractivity (Wildman–Crippen MR) is 66.6 cm³/mol. The van der Waals surface area contributed by atoms with Gasteiger partial charge in [0, 0.05) is 0 Å². The van der Waals surface area contributed by atoms with Crippen LogP contribution in [0.2, 0.25) is 0 Å². The number of benzene rings is 1. The summed E-state index contributed by atoms with van der Waals surface area (Å²) in [6.07, 6.45) is -8.73. The van der Waals surface area contributed by atoms with Gasteiger partial charge in [-0.25, -0.2) is 4.79 Å². The quantitative estimate of drug-likeness (QED) is 0.671. The van der Waals surface area contributed by atoms with Crippen LogP contribution in [0, 0.1) is 0 Å². The number of esters is 1. The van der Waals surface area contributed by atoms with Crippen LogP contribution in [0.5, 0.6) is 0 Å². The van der Waals surface area contributed by atoms with E-state index < -0.39 is 31.5 Å². The van der Waals surface area contributed by atoms with Crippen LogP contribution in [0.3, 0.4) is 0 Å². The van der Waals surface area contributed by atoms with E-state index in [1.807, 2.05) is 0 Å². The van der Waals surface area contributed by atoms with Crippen molar-refractivity contribution < 1.29 is 45.7 Å². The lowest BCUT2D eigenvalue weighted by Crippen LogP contribution is -2.16. The molecule has 1 aromatic carbocycles. The number of aliphatic hydroxyl groups excluding tert-OH is 1. The zero-order chi connectivity index (χ0) is 18.1. The lowest BCUT2D eigenvalue weighted by atomic mass is 10.1. The van der Waals surface area contributed by atoms with Gasteiger partial charge in [0.05, 0.1) is 19.3 Å². The molecule has 0 aliphatic carbocycles. The van der Waals surface area contributed by atoms with Gasteiger partial charge in [0.25, 0.3) is 0 Å². The number of carbonyl (C=O) groups is 1. The highest BCUT2D eigenvalue weighted by molar-refractivity contribution is 5.89. The van der Waals surface area contributed by atoms with E-state index in [9.17, 15) is 31.1 Å². The first kappa shape index (κ1) is 21.2. The molecule has 1 N–H and O–H groups in total. The molecule has 0 fully saturated rings. The molecule has 1 rings (SSSR count). The standard InChI is InChI=1S/C11H11F3O3.C2H3F3O/c1-16-10(15)9-4-2-8(3-5-9)6-17-7-11(12,13)14;3-2(4,5)1-6/h2-5H,6-7H2,1H3;6H,1H2. The second-order valence-corrected chi connectivity index (χ2v) is 4.07. The number of ether oxygens (including phenoxy) is 2. The molecule has 0 saturated heterocycles. The Balaban J connectivity index is 0.000000688. The van der Waals surface area contributed by atoms with Crippen LogP contribution in [0.4, 0.5) is 26.3 Å². The van der Waals surface area contributed by atoms with Gasteiger partial charge in [0.15, 0.2) is 0 Å². The fourth-order valence-corrected chi connectivity index (χ4v) is 1.14. The molecule has 4 nitrogen and oxygen atoms in total. The highest BCUT2D eigenvalue weighted by atomic mass is 19.4. The second-order valence-electron chi connectivity index (χ2n) is 4.07. The molecule has 132 valence electrons. The van der Waals surface area contributed by atoms with E-state index in [4.69, 9.17) is 5.11 Å². The van der Waals surface area contributed by atoms with Gasteiger partial charge in [0.1, 0.15) is 13.2 Å². The van der Waals surface area contributed by atoms with Crippen molar-refractivity contribution in [2.24, 2.45) is 0 Å². The maximum Gasteiger partial charge on any atom is 0.411 e. The number of halogens is 6. The Morgan fingerprint density at radius 1 is 1.04 bits per heavy atom. The van der Waals surface area contributed by atoms with E-state index in [-0.39, 0.29) is 6.61 Å². The first-order valence-corrected chi connectivity index (χ1v) is 5.98. The molecule has 0 bridgehead atoms. The first-order valence-electron chi connectivity index (χ1n) is 5.98. The molecule has 0 saturated carbocycles. The summed E-state index contributed by atoms with van der Waals surface area (Å²) in [4.78, 5) is 11.1. The fourth-order valence-electron chi connectivity index (χ4n) is 1.14. The third kappa shape index (κ3) is 11.4. The van der Waals surface area contributed by atoms with Gasteiger partial charge in [-0.2, -0.15) is 26.3 Å². The minimum absolute atomic E-state index is 0.152. The normalized spacial score (nSPS) is 11.5. The minimum atomic E-state index is -4.40. The van der Waals surface area contributed by atoms with Gasteiger partial charge in [0.2, 0.25) is 0 Å². The molecule has 0 aliphatic heterocycles. The number of aliphatic hydroxyl groups is 1. The summed E-state index contributed by atoms with van der Waals surface area (Å²) in [5.74, 6) is -0.493. The Labute approximate surface area is 127 Å². The summed E-state index contributed by atoms with van der Waals surface area (Å²) in [5.41, 5.74) is 0.897. The maximum absolute atomic E-state index is 11.8. The Kier molecular flexibility index (Phi) is 8.62. The SMILES string of the molecule is COC(=O)c1ccc(COCC(F)(F)F)cc1.OCC(F)(F)F. The molecular weight excluding hydrogens is 334 g/mol. The largest absolute Gasteiger partial charge is 0.465 e. The lowest BCUT2D eigenvalue weighted by molar-refractivity contribution is -0.176. The molecule has 0 atom stereocenters. The molecule has 0 amide bonds. The topological polar surface area (TPSA) is 55.8 Å². The number of methoxy groups -OCH3 is 1. The zero-order valence-electron chi connectivity index (χ0n) is 11.9. The smallest absolute Gasteiger partial charge is 0.411 e. The summed E-state index contributed by atoms with van der Waals surface area (Å²) in [5, 5.41) is 7.28. The van der Waals surface area contributed by atoms with Crippen molar-refractivity contribution in [2.75, 3.05) is 20.3 Å². The molecule has 1 aromatic rings. The molecular formula is C13H14F6O4. The highest BCUT2D eigenvalue weighted by Crippen LogP contribution is 2.16. The van der Waals surface area contributed by atoms with Crippen LogP contribution in [0.25, 0.3) is 0 Å². The third-order valence-electron chi connectivity index (χ3n) is 2.09. The van der Waals surface area contributed by atoms with E-state index in [0.717, 1.165) is 0 Å². The third-order valence-corrected chi connectivity index (χ3v) is 2.09. The summed E-state index contributed by atoms with van der Waals surface area (Å²) < 4.78 is 75.9. The molecule has 0 aromatic heterocycles. The van der Waals surface area contributed by atoms with Crippen molar-refractivity contribution in [1.82, 2.24) is 0 Å². The van der Waals surface area contributed by atoms with Crippen LogP contribution < -0.4 is 0 Å².